The van der Waals surface area contributed by atoms with Gasteiger partial charge in [-0.2, -0.15) is 0 Å². The lowest BCUT2D eigenvalue weighted by atomic mass is 9.86. The minimum absolute atomic E-state index is 0.00255. The Morgan fingerprint density at radius 1 is 1.30 bits per heavy atom. The van der Waals surface area contributed by atoms with Gasteiger partial charge in [-0.15, -0.1) is 0 Å². The van der Waals surface area contributed by atoms with Crippen molar-refractivity contribution in [3.05, 3.63) is 29.3 Å². The minimum atomic E-state index is -0.112. The lowest BCUT2D eigenvalue weighted by molar-refractivity contribution is 0.0901. The van der Waals surface area contributed by atoms with Gasteiger partial charge in [-0.3, -0.25) is 16.2 Å². The van der Waals surface area contributed by atoms with Crippen LogP contribution in [0, 0.1) is 6.92 Å². The maximum Gasteiger partial charge on any atom is 0.123 e. The molecule has 0 aliphatic rings. The zero-order valence-electron chi connectivity index (χ0n) is 13.7. The highest BCUT2D eigenvalue weighted by Crippen LogP contribution is 2.35. The second-order valence-electron chi connectivity index (χ2n) is 5.67. The summed E-state index contributed by atoms with van der Waals surface area (Å²) in [5.41, 5.74) is 5.18. The van der Waals surface area contributed by atoms with Crippen LogP contribution >= 0.6 is 0 Å². The predicted octanol–water partition coefficient (Wildman–Crippen LogP) is 2.63. The van der Waals surface area contributed by atoms with E-state index < -0.39 is 0 Å². The van der Waals surface area contributed by atoms with E-state index in [0.717, 1.165) is 24.4 Å². The Morgan fingerprint density at radius 2 is 1.90 bits per heavy atom. The third kappa shape index (κ3) is 3.32. The number of hydrogen-bond donors (Lipinski definition) is 2. The van der Waals surface area contributed by atoms with Crippen LogP contribution in [0.4, 0.5) is 0 Å². The van der Waals surface area contributed by atoms with Gasteiger partial charge < -0.3 is 4.74 Å². The third-order valence-corrected chi connectivity index (χ3v) is 4.15. The van der Waals surface area contributed by atoms with Crippen LogP contribution < -0.4 is 16.0 Å². The third-order valence-electron chi connectivity index (χ3n) is 4.15. The highest BCUT2D eigenvalue weighted by atomic mass is 16.5. The van der Waals surface area contributed by atoms with Crippen molar-refractivity contribution >= 4 is 0 Å². The van der Waals surface area contributed by atoms with E-state index in [1.807, 2.05) is 6.07 Å². The summed E-state index contributed by atoms with van der Waals surface area (Å²) in [4.78, 5) is 2.40. The molecule has 0 spiro atoms. The molecule has 0 amide bonds. The molecule has 3 N–H and O–H groups in total. The summed E-state index contributed by atoms with van der Waals surface area (Å²) < 4.78 is 5.51. The first-order valence-electron chi connectivity index (χ1n) is 7.28. The number of nitrogens with two attached hydrogens (primary N) is 1. The van der Waals surface area contributed by atoms with Gasteiger partial charge in [0.1, 0.15) is 5.75 Å². The summed E-state index contributed by atoms with van der Waals surface area (Å²) in [6.07, 6.45) is 0. The zero-order chi connectivity index (χ0) is 15.3. The standard InChI is InChI=1S/C16H29N3O/c1-7-19(8-2)16(4,5)15(18-17)13-11-12(3)9-10-14(13)20-6/h9-11,15,18H,7-8,17H2,1-6H3. The molecule has 0 aliphatic heterocycles. The van der Waals surface area contributed by atoms with Crippen molar-refractivity contribution in [3.8, 4) is 5.75 Å². The molecular weight excluding hydrogens is 250 g/mol. The molecule has 0 heterocycles. The number of ether oxygens (including phenoxy) is 1. The van der Waals surface area contributed by atoms with Crippen molar-refractivity contribution in [1.82, 2.24) is 10.3 Å². The van der Waals surface area contributed by atoms with E-state index in [9.17, 15) is 0 Å². The molecule has 0 radical (unpaired) electrons. The minimum Gasteiger partial charge on any atom is -0.496 e. The maximum atomic E-state index is 5.88. The highest BCUT2D eigenvalue weighted by molar-refractivity contribution is 5.40. The van der Waals surface area contributed by atoms with Gasteiger partial charge in [0.2, 0.25) is 0 Å². The number of hydrogen-bond acceptors (Lipinski definition) is 4. The first-order valence-corrected chi connectivity index (χ1v) is 7.28. The number of benzene rings is 1. The van der Waals surface area contributed by atoms with Gasteiger partial charge in [0.25, 0.3) is 0 Å². The van der Waals surface area contributed by atoms with E-state index in [0.29, 0.717) is 0 Å². The summed E-state index contributed by atoms with van der Waals surface area (Å²) in [6, 6.07) is 6.21. The number of nitrogens with zero attached hydrogens (tertiary/aromatic N) is 1. The lowest BCUT2D eigenvalue weighted by Gasteiger charge is -2.43. The SMILES string of the molecule is CCN(CC)C(C)(C)C(NN)c1cc(C)ccc1OC. The zero-order valence-corrected chi connectivity index (χ0v) is 13.7. The van der Waals surface area contributed by atoms with Gasteiger partial charge in [0, 0.05) is 11.1 Å². The molecule has 1 unspecified atom stereocenters. The van der Waals surface area contributed by atoms with E-state index in [-0.39, 0.29) is 11.6 Å². The Labute approximate surface area is 123 Å². The molecule has 4 heteroatoms. The molecule has 0 aliphatic carbocycles. The average Bonchev–Trinajstić information content (AvgIpc) is 2.40. The van der Waals surface area contributed by atoms with Gasteiger partial charge in [-0.1, -0.05) is 31.5 Å². The molecule has 114 valence electrons. The Bertz CT molecular complexity index is 428. The molecule has 0 fully saturated rings. The summed E-state index contributed by atoms with van der Waals surface area (Å²) in [5, 5.41) is 0. The van der Waals surface area contributed by atoms with Gasteiger partial charge >= 0.3 is 0 Å². The number of methoxy groups -OCH3 is 1. The number of hydrazine groups is 1. The van der Waals surface area contributed by atoms with Crippen LogP contribution in [-0.4, -0.2) is 30.6 Å². The fourth-order valence-corrected chi connectivity index (χ4v) is 2.97. The van der Waals surface area contributed by atoms with Crippen molar-refractivity contribution in [2.75, 3.05) is 20.2 Å². The van der Waals surface area contributed by atoms with Gasteiger partial charge in [-0.05, 0) is 39.9 Å². The second kappa shape index (κ2) is 7.07. The van der Waals surface area contributed by atoms with Crippen LogP contribution in [-0.2, 0) is 0 Å². The quantitative estimate of drug-likeness (QED) is 0.595. The molecule has 0 aromatic heterocycles. The molecule has 1 atom stereocenters. The smallest absolute Gasteiger partial charge is 0.123 e. The molecule has 1 rings (SSSR count). The van der Waals surface area contributed by atoms with Crippen molar-refractivity contribution in [3.63, 3.8) is 0 Å². The second-order valence-corrected chi connectivity index (χ2v) is 5.67. The van der Waals surface area contributed by atoms with Crippen LogP contribution in [0.1, 0.15) is 44.9 Å². The number of aryl methyl sites for hydroxylation is 1. The van der Waals surface area contributed by atoms with Crippen molar-refractivity contribution in [2.24, 2.45) is 5.84 Å². The Morgan fingerprint density at radius 3 is 2.35 bits per heavy atom. The van der Waals surface area contributed by atoms with Gasteiger partial charge in [0.05, 0.1) is 13.2 Å². The molecule has 0 saturated carbocycles. The molecular formula is C16H29N3O. The normalized spacial score (nSPS) is 13.6. The van der Waals surface area contributed by atoms with Crippen LogP contribution in [0.2, 0.25) is 0 Å². The largest absolute Gasteiger partial charge is 0.496 e. The fourth-order valence-electron chi connectivity index (χ4n) is 2.97. The molecule has 0 bridgehead atoms. The molecule has 1 aromatic carbocycles. The Kier molecular flexibility index (Phi) is 5.99. The molecule has 1 aromatic rings. The van der Waals surface area contributed by atoms with E-state index in [2.05, 4.69) is 57.1 Å². The van der Waals surface area contributed by atoms with Crippen LogP contribution in [0.15, 0.2) is 18.2 Å². The van der Waals surface area contributed by atoms with E-state index in [4.69, 9.17) is 10.6 Å². The van der Waals surface area contributed by atoms with E-state index in [1.165, 1.54) is 5.56 Å². The van der Waals surface area contributed by atoms with Crippen LogP contribution in [0.25, 0.3) is 0 Å². The lowest BCUT2D eigenvalue weighted by Crippen LogP contribution is -2.54. The predicted molar refractivity (Wildman–Crippen MR) is 84.8 cm³/mol. The molecule has 20 heavy (non-hydrogen) atoms. The van der Waals surface area contributed by atoms with Crippen molar-refractivity contribution in [1.29, 1.82) is 0 Å². The topological polar surface area (TPSA) is 50.5 Å². The molecule has 4 nitrogen and oxygen atoms in total. The average molecular weight is 279 g/mol. The monoisotopic (exact) mass is 279 g/mol. The van der Waals surface area contributed by atoms with Crippen LogP contribution in [0.5, 0.6) is 5.75 Å². The van der Waals surface area contributed by atoms with Crippen molar-refractivity contribution < 1.29 is 4.74 Å². The number of rotatable bonds is 7. The first kappa shape index (κ1) is 17.0. The summed E-state index contributed by atoms with van der Waals surface area (Å²) >= 11 is 0. The maximum absolute atomic E-state index is 5.88. The summed E-state index contributed by atoms with van der Waals surface area (Å²) in [7, 11) is 1.70. The van der Waals surface area contributed by atoms with E-state index >= 15 is 0 Å². The summed E-state index contributed by atoms with van der Waals surface area (Å²) in [6.45, 7) is 12.8. The molecule has 0 saturated heterocycles. The summed E-state index contributed by atoms with van der Waals surface area (Å²) in [5.74, 6) is 6.75. The van der Waals surface area contributed by atoms with Gasteiger partial charge in [0.15, 0.2) is 0 Å². The van der Waals surface area contributed by atoms with Crippen LogP contribution in [0.3, 0.4) is 0 Å². The Balaban J connectivity index is 3.28. The highest BCUT2D eigenvalue weighted by Gasteiger charge is 2.36. The number of nitrogens with one attached hydrogen (secondary N) is 1. The van der Waals surface area contributed by atoms with Crippen molar-refractivity contribution in [2.45, 2.75) is 46.2 Å². The van der Waals surface area contributed by atoms with E-state index in [1.54, 1.807) is 7.11 Å². The number of likely N-dealkylation sites (N-methyl/N-ethyl adjacent to an activating group) is 1. The van der Waals surface area contributed by atoms with Gasteiger partial charge in [-0.25, -0.2) is 0 Å². The first-order chi connectivity index (χ1) is 9.42. The Hall–Kier alpha value is -1.10. The fraction of sp³-hybridized carbons (Fsp3) is 0.625.